The van der Waals surface area contributed by atoms with Gasteiger partial charge in [0.15, 0.2) is 0 Å². The Hall–Kier alpha value is -3.68. The summed E-state index contributed by atoms with van der Waals surface area (Å²) in [6.07, 6.45) is 1.32. The number of nitrogens with zero attached hydrogens (tertiary/aromatic N) is 2. The summed E-state index contributed by atoms with van der Waals surface area (Å²) in [6.45, 7) is -0.453. The third-order valence-corrected chi connectivity index (χ3v) is 3.87. The van der Waals surface area contributed by atoms with Crippen LogP contribution >= 0.6 is 0 Å². The second-order valence-corrected chi connectivity index (χ2v) is 5.72. The Labute approximate surface area is 154 Å². The van der Waals surface area contributed by atoms with Crippen LogP contribution in [0.2, 0.25) is 0 Å². The van der Waals surface area contributed by atoms with E-state index in [1.165, 1.54) is 18.0 Å². The lowest BCUT2D eigenvalue weighted by Gasteiger charge is -2.11. The lowest BCUT2D eigenvalue weighted by Crippen LogP contribution is -2.37. The lowest BCUT2D eigenvalue weighted by molar-refractivity contribution is -0.124. The Morgan fingerprint density at radius 3 is 2.63 bits per heavy atom. The monoisotopic (exact) mass is 366 g/mol. The molecular formula is C19H18N4O4. The average molecular weight is 366 g/mol. The van der Waals surface area contributed by atoms with E-state index in [1.54, 1.807) is 48.5 Å². The van der Waals surface area contributed by atoms with Crippen LogP contribution in [0.15, 0.2) is 59.7 Å². The third-order valence-electron chi connectivity index (χ3n) is 3.87. The van der Waals surface area contributed by atoms with E-state index in [1.807, 2.05) is 0 Å². The number of para-hydroxylation sites is 3. The van der Waals surface area contributed by atoms with Gasteiger partial charge in [0.25, 0.3) is 5.56 Å². The minimum atomic E-state index is -0.468. The standard InChI is InChI=1S/C19H18N4O4/c1-27-16-9-5-4-8-15(16)22-17(24)10-20-18(25)11-23-12-21-14-7-3-2-6-13(14)19(23)26/h2-9,12H,10-11H2,1H3,(H,20,25)(H,22,24). The summed E-state index contributed by atoms with van der Waals surface area (Å²) in [5.41, 5.74) is 0.763. The van der Waals surface area contributed by atoms with E-state index in [4.69, 9.17) is 4.74 Å². The van der Waals surface area contributed by atoms with E-state index >= 15 is 0 Å². The van der Waals surface area contributed by atoms with Crippen molar-refractivity contribution < 1.29 is 14.3 Å². The van der Waals surface area contributed by atoms with Crippen molar-refractivity contribution in [2.75, 3.05) is 19.0 Å². The molecule has 0 saturated heterocycles. The molecule has 0 atom stereocenters. The van der Waals surface area contributed by atoms with Crippen molar-refractivity contribution in [2.24, 2.45) is 0 Å². The first-order chi connectivity index (χ1) is 13.1. The van der Waals surface area contributed by atoms with Gasteiger partial charge in [-0.25, -0.2) is 4.98 Å². The molecule has 1 aromatic heterocycles. The van der Waals surface area contributed by atoms with Crippen molar-refractivity contribution in [3.63, 3.8) is 0 Å². The van der Waals surface area contributed by atoms with Crippen molar-refractivity contribution in [1.29, 1.82) is 0 Å². The maximum absolute atomic E-state index is 12.4. The van der Waals surface area contributed by atoms with Crippen LogP contribution in [-0.2, 0) is 16.1 Å². The summed E-state index contributed by atoms with van der Waals surface area (Å²) in [6, 6.07) is 13.8. The maximum atomic E-state index is 12.4. The van der Waals surface area contributed by atoms with E-state index in [0.29, 0.717) is 22.3 Å². The number of carbonyl (C=O) groups excluding carboxylic acids is 2. The molecule has 8 heteroatoms. The Morgan fingerprint density at radius 2 is 1.81 bits per heavy atom. The normalized spacial score (nSPS) is 10.4. The predicted molar refractivity (Wildman–Crippen MR) is 101 cm³/mol. The number of nitrogens with one attached hydrogen (secondary N) is 2. The highest BCUT2D eigenvalue weighted by molar-refractivity contribution is 5.95. The van der Waals surface area contributed by atoms with E-state index in [-0.39, 0.29) is 18.6 Å². The van der Waals surface area contributed by atoms with Crippen molar-refractivity contribution in [3.8, 4) is 5.75 Å². The predicted octanol–water partition coefficient (Wildman–Crippen LogP) is 1.16. The number of hydrogen-bond acceptors (Lipinski definition) is 5. The second kappa shape index (κ2) is 8.13. The van der Waals surface area contributed by atoms with E-state index in [0.717, 1.165) is 0 Å². The SMILES string of the molecule is COc1ccccc1NC(=O)CNC(=O)Cn1cnc2ccccc2c1=O. The zero-order valence-electron chi connectivity index (χ0n) is 14.6. The van der Waals surface area contributed by atoms with Crippen molar-refractivity contribution >= 4 is 28.4 Å². The number of fused-ring (bicyclic) bond motifs is 1. The number of rotatable bonds is 6. The quantitative estimate of drug-likeness (QED) is 0.682. The highest BCUT2D eigenvalue weighted by atomic mass is 16.5. The van der Waals surface area contributed by atoms with Crippen LogP contribution < -0.4 is 20.9 Å². The smallest absolute Gasteiger partial charge is 0.261 e. The summed E-state index contributed by atoms with van der Waals surface area (Å²) in [5, 5.41) is 5.57. The molecule has 0 unspecified atom stereocenters. The first-order valence-corrected chi connectivity index (χ1v) is 8.22. The highest BCUT2D eigenvalue weighted by Gasteiger charge is 2.11. The van der Waals surface area contributed by atoms with E-state index in [2.05, 4.69) is 15.6 Å². The molecule has 0 bridgehead atoms. The van der Waals surface area contributed by atoms with Gasteiger partial charge < -0.3 is 15.4 Å². The molecule has 27 heavy (non-hydrogen) atoms. The van der Waals surface area contributed by atoms with Gasteiger partial charge in [0.1, 0.15) is 12.3 Å². The summed E-state index contributed by atoms with van der Waals surface area (Å²) in [7, 11) is 1.50. The van der Waals surface area contributed by atoms with Crippen molar-refractivity contribution in [2.45, 2.75) is 6.54 Å². The first kappa shape index (κ1) is 18.1. The van der Waals surface area contributed by atoms with Gasteiger partial charge in [-0.3, -0.25) is 19.0 Å². The molecule has 0 aliphatic heterocycles. The molecule has 2 N–H and O–H groups in total. The molecule has 0 fully saturated rings. The van der Waals surface area contributed by atoms with Crippen LogP contribution in [0.25, 0.3) is 10.9 Å². The van der Waals surface area contributed by atoms with Crippen LogP contribution in [0.3, 0.4) is 0 Å². The Bertz CT molecular complexity index is 1050. The van der Waals surface area contributed by atoms with Gasteiger partial charge in [-0.15, -0.1) is 0 Å². The molecule has 3 rings (SSSR count). The molecule has 0 spiro atoms. The van der Waals surface area contributed by atoms with Gasteiger partial charge in [0.05, 0.1) is 36.6 Å². The summed E-state index contributed by atoms with van der Waals surface area (Å²) in [4.78, 5) is 40.6. The minimum Gasteiger partial charge on any atom is -0.495 e. The van der Waals surface area contributed by atoms with Crippen LogP contribution in [0.4, 0.5) is 5.69 Å². The Balaban J connectivity index is 1.59. The number of carbonyl (C=O) groups is 2. The number of aromatic nitrogens is 2. The van der Waals surface area contributed by atoms with Gasteiger partial charge in [-0.2, -0.15) is 0 Å². The van der Waals surface area contributed by atoms with Gasteiger partial charge in [0.2, 0.25) is 11.8 Å². The average Bonchev–Trinajstić information content (AvgIpc) is 2.69. The largest absolute Gasteiger partial charge is 0.495 e. The zero-order chi connectivity index (χ0) is 19.2. The molecule has 0 aliphatic rings. The fraction of sp³-hybridized carbons (Fsp3) is 0.158. The minimum absolute atomic E-state index is 0.224. The van der Waals surface area contributed by atoms with Crippen LogP contribution in [-0.4, -0.2) is 35.0 Å². The van der Waals surface area contributed by atoms with Gasteiger partial charge in [0, 0.05) is 0 Å². The van der Waals surface area contributed by atoms with Crippen LogP contribution in [0, 0.1) is 0 Å². The van der Waals surface area contributed by atoms with Gasteiger partial charge in [-0.1, -0.05) is 24.3 Å². The summed E-state index contributed by atoms with van der Waals surface area (Å²) in [5.74, 6) is -0.354. The molecule has 0 radical (unpaired) electrons. The van der Waals surface area contributed by atoms with Gasteiger partial charge >= 0.3 is 0 Å². The zero-order valence-corrected chi connectivity index (χ0v) is 14.6. The third kappa shape index (κ3) is 4.30. The highest BCUT2D eigenvalue weighted by Crippen LogP contribution is 2.22. The molecule has 0 aliphatic carbocycles. The number of amides is 2. The number of ether oxygens (including phenoxy) is 1. The van der Waals surface area contributed by atoms with Crippen LogP contribution in [0.1, 0.15) is 0 Å². The molecule has 2 aromatic carbocycles. The van der Waals surface area contributed by atoms with E-state index in [9.17, 15) is 14.4 Å². The molecule has 0 saturated carbocycles. The molecule has 1 heterocycles. The van der Waals surface area contributed by atoms with Crippen LogP contribution in [0.5, 0.6) is 5.75 Å². The molecule has 3 aromatic rings. The summed E-state index contributed by atoms with van der Waals surface area (Å²) >= 11 is 0. The summed E-state index contributed by atoms with van der Waals surface area (Å²) < 4.78 is 6.36. The Kier molecular flexibility index (Phi) is 5.46. The second-order valence-electron chi connectivity index (χ2n) is 5.72. The van der Waals surface area contributed by atoms with Crippen molar-refractivity contribution in [3.05, 3.63) is 65.2 Å². The fourth-order valence-corrected chi connectivity index (χ4v) is 2.55. The number of hydrogen-bond donors (Lipinski definition) is 2. The van der Waals surface area contributed by atoms with E-state index < -0.39 is 11.8 Å². The Morgan fingerprint density at radius 1 is 1.07 bits per heavy atom. The van der Waals surface area contributed by atoms with Gasteiger partial charge in [-0.05, 0) is 24.3 Å². The molecule has 8 nitrogen and oxygen atoms in total. The lowest BCUT2D eigenvalue weighted by atomic mass is 10.2. The molecular weight excluding hydrogens is 348 g/mol. The number of methoxy groups -OCH3 is 1. The van der Waals surface area contributed by atoms with Crippen molar-refractivity contribution in [1.82, 2.24) is 14.9 Å². The first-order valence-electron chi connectivity index (χ1n) is 8.22. The topological polar surface area (TPSA) is 102 Å². The maximum Gasteiger partial charge on any atom is 0.261 e. The fourth-order valence-electron chi connectivity index (χ4n) is 2.55. The number of benzene rings is 2. The number of anilines is 1. The molecule has 138 valence electrons. The molecule has 2 amide bonds.